The van der Waals surface area contributed by atoms with Crippen molar-refractivity contribution < 1.29 is 18.5 Å². The van der Waals surface area contributed by atoms with Gasteiger partial charge in [-0.25, -0.2) is 4.98 Å². The Labute approximate surface area is 170 Å². The molecule has 4 aromatic rings. The van der Waals surface area contributed by atoms with Gasteiger partial charge < -0.3 is 18.6 Å². The highest BCUT2D eigenvalue weighted by atomic mass is 32.1. The van der Waals surface area contributed by atoms with Crippen LogP contribution in [-0.2, 0) is 0 Å². The van der Waals surface area contributed by atoms with E-state index in [1.54, 1.807) is 40.7 Å². The highest BCUT2D eigenvalue weighted by molar-refractivity contribution is 7.20. The third-order valence-corrected chi connectivity index (χ3v) is 6.00. The van der Waals surface area contributed by atoms with Crippen molar-refractivity contribution in [2.24, 2.45) is 0 Å². The summed E-state index contributed by atoms with van der Waals surface area (Å²) in [5.74, 6) is 0.859. The molecule has 1 aliphatic heterocycles. The molecule has 0 spiro atoms. The van der Waals surface area contributed by atoms with Gasteiger partial charge in [0.15, 0.2) is 11.5 Å². The molecule has 1 aromatic carbocycles. The number of para-hydroxylation sites is 1. The van der Waals surface area contributed by atoms with E-state index >= 15 is 0 Å². The monoisotopic (exact) mass is 409 g/mol. The molecule has 0 saturated carbocycles. The number of amides is 1. The van der Waals surface area contributed by atoms with Crippen LogP contribution in [0.1, 0.15) is 28.9 Å². The largest absolute Gasteiger partial charge is 0.467 e. The zero-order chi connectivity index (χ0) is 19.8. The average molecular weight is 409 g/mol. The maximum Gasteiger partial charge on any atom is 0.276 e. The van der Waals surface area contributed by atoms with Gasteiger partial charge in [0.05, 0.1) is 16.5 Å². The normalized spacial score (nSPS) is 15.1. The van der Waals surface area contributed by atoms with E-state index in [2.05, 4.69) is 29.2 Å². The SMILES string of the molecule is Cc1cccc2sc(OC3CCN(C(=O)c4cc(-c5ccco5)on4)CC3)nc12. The third-order valence-electron chi connectivity index (χ3n) is 5.09. The number of carbonyl (C=O) groups excluding carboxylic acids is 1. The zero-order valence-electron chi connectivity index (χ0n) is 15.8. The lowest BCUT2D eigenvalue weighted by molar-refractivity contribution is 0.0586. The maximum absolute atomic E-state index is 12.7. The number of carbonyl (C=O) groups is 1. The van der Waals surface area contributed by atoms with Crippen LogP contribution in [0.3, 0.4) is 0 Å². The van der Waals surface area contributed by atoms with Gasteiger partial charge in [0.25, 0.3) is 11.1 Å². The van der Waals surface area contributed by atoms with Crippen LogP contribution < -0.4 is 4.74 Å². The van der Waals surface area contributed by atoms with E-state index in [9.17, 15) is 4.79 Å². The summed E-state index contributed by atoms with van der Waals surface area (Å²) in [4.78, 5) is 19.1. The van der Waals surface area contributed by atoms with Gasteiger partial charge in [-0.1, -0.05) is 28.6 Å². The van der Waals surface area contributed by atoms with E-state index in [0.29, 0.717) is 29.8 Å². The number of piperidine rings is 1. The molecule has 5 rings (SSSR count). The van der Waals surface area contributed by atoms with E-state index < -0.39 is 0 Å². The molecule has 0 atom stereocenters. The van der Waals surface area contributed by atoms with E-state index in [-0.39, 0.29) is 17.7 Å². The van der Waals surface area contributed by atoms with Gasteiger partial charge in [0.2, 0.25) is 5.76 Å². The van der Waals surface area contributed by atoms with E-state index in [1.807, 2.05) is 6.07 Å². The lowest BCUT2D eigenvalue weighted by Gasteiger charge is -2.31. The number of aryl methyl sites for hydroxylation is 1. The molecule has 4 heterocycles. The lowest BCUT2D eigenvalue weighted by Crippen LogP contribution is -2.41. The predicted molar refractivity (Wildman–Crippen MR) is 108 cm³/mol. The molecular formula is C21H19N3O4S. The van der Waals surface area contributed by atoms with Crippen LogP contribution in [0.4, 0.5) is 0 Å². The molecule has 0 N–H and O–H groups in total. The Morgan fingerprint density at radius 3 is 2.83 bits per heavy atom. The number of likely N-dealkylation sites (tertiary alicyclic amines) is 1. The zero-order valence-corrected chi connectivity index (χ0v) is 16.6. The Hall–Kier alpha value is -3.13. The summed E-state index contributed by atoms with van der Waals surface area (Å²) < 4.78 is 17.8. The molecule has 8 heteroatoms. The Bertz CT molecular complexity index is 1140. The minimum atomic E-state index is -0.138. The highest BCUT2D eigenvalue weighted by Crippen LogP contribution is 2.31. The Balaban J connectivity index is 1.21. The topological polar surface area (TPSA) is 81.6 Å². The van der Waals surface area contributed by atoms with Crippen LogP contribution in [0.25, 0.3) is 21.7 Å². The van der Waals surface area contributed by atoms with Gasteiger partial charge in [0.1, 0.15) is 6.10 Å². The van der Waals surface area contributed by atoms with Crippen LogP contribution in [-0.4, -0.2) is 40.1 Å². The van der Waals surface area contributed by atoms with Crippen LogP contribution in [0.2, 0.25) is 0 Å². The molecule has 1 saturated heterocycles. The fourth-order valence-corrected chi connectivity index (χ4v) is 4.47. The first-order valence-electron chi connectivity index (χ1n) is 9.50. The van der Waals surface area contributed by atoms with Gasteiger partial charge in [-0.05, 0) is 30.7 Å². The molecule has 0 bridgehead atoms. The highest BCUT2D eigenvalue weighted by Gasteiger charge is 2.27. The quantitative estimate of drug-likeness (QED) is 0.492. The minimum absolute atomic E-state index is 0.0518. The molecule has 0 aliphatic carbocycles. The Morgan fingerprint density at radius 2 is 2.07 bits per heavy atom. The van der Waals surface area contributed by atoms with E-state index in [0.717, 1.165) is 28.6 Å². The van der Waals surface area contributed by atoms with Crippen molar-refractivity contribution in [3.05, 3.63) is 53.9 Å². The second-order valence-electron chi connectivity index (χ2n) is 7.06. The van der Waals surface area contributed by atoms with Crippen molar-refractivity contribution in [1.82, 2.24) is 15.0 Å². The van der Waals surface area contributed by atoms with Crippen molar-refractivity contribution in [3.63, 3.8) is 0 Å². The van der Waals surface area contributed by atoms with Crippen molar-refractivity contribution in [3.8, 4) is 16.7 Å². The van der Waals surface area contributed by atoms with Crippen molar-refractivity contribution in [2.45, 2.75) is 25.9 Å². The molecule has 1 aliphatic rings. The molecular weight excluding hydrogens is 390 g/mol. The number of fused-ring (bicyclic) bond motifs is 1. The minimum Gasteiger partial charge on any atom is -0.467 e. The molecule has 0 unspecified atom stereocenters. The third kappa shape index (κ3) is 3.51. The maximum atomic E-state index is 12.7. The molecule has 148 valence electrons. The van der Waals surface area contributed by atoms with Gasteiger partial charge in [-0.15, -0.1) is 0 Å². The molecule has 1 fully saturated rings. The van der Waals surface area contributed by atoms with Gasteiger partial charge >= 0.3 is 0 Å². The standard InChI is InChI=1S/C21H19N3O4S/c1-13-4-2-6-18-19(13)22-21(29-18)27-14-7-9-24(10-8-14)20(25)15-12-17(28-23-15)16-5-3-11-26-16/h2-6,11-12,14H,7-10H2,1H3. The smallest absolute Gasteiger partial charge is 0.276 e. The first-order valence-corrected chi connectivity index (χ1v) is 10.3. The van der Waals surface area contributed by atoms with Gasteiger partial charge in [-0.3, -0.25) is 4.79 Å². The summed E-state index contributed by atoms with van der Waals surface area (Å²) in [6.07, 6.45) is 3.11. The van der Waals surface area contributed by atoms with E-state index in [4.69, 9.17) is 13.7 Å². The number of thiazole rings is 1. The number of ether oxygens (including phenoxy) is 1. The van der Waals surface area contributed by atoms with Crippen LogP contribution in [0.5, 0.6) is 5.19 Å². The fourth-order valence-electron chi connectivity index (χ4n) is 3.51. The van der Waals surface area contributed by atoms with Crippen molar-refractivity contribution in [1.29, 1.82) is 0 Å². The number of nitrogens with zero attached hydrogens (tertiary/aromatic N) is 3. The summed E-state index contributed by atoms with van der Waals surface area (Å²) in [6.45, 7) is 3.27. The van der Waals surface area contributed by atoms with Gasteiger partial charge in [0, 0.05) is 32.0 Å². The molecule has 3 aromatic heterocycles. The van der Waals surface area contributed by atoms with Crippen molar-refractivity contribution in [2.75, 3.05) is 13.1 Å². The molecule has 1 amide bonds. The van der Waals surface area contributed by atoms with E-state index in [1.165, 1.54) is 0 Å². The average Bonchev–Trinajstić information content (AvgIpc) is 3.48. The first-order chi connectivity index (χ1) is 14.2. The fraction of sp³-hybridized carbons (Fsp3) is 0.286. The number of furan rings is 1. The predicted octanol–water partition coefficient (Wildman–Crippen LogP) is 4.54. The summed E-state index contributed by atoms with van der Waals surface area (Å²) in [5.41, 5.74) is 2.44. The number of hydrogen-bond donors (Lipinski definition) is 0. The van der Waals surface area contributed by atoms with Gasteiger partial charge in [-0.2, -0.15) is 0 Å². The van der Waals surface area contributed by atoms with Crippen LogP contribution in [0.15, 0.2) is 51.6 Å². The second kappa shape index (κ2) is 7.36. The molecule has 7 nitrogen and oxygen atoms in total. The summed E-state index contributed by atoms with van der Waals surface area (Å²) in [5, 5.41) is 4.59. The summed E-state index contributed by atoms with van der Waals surface area (Å²) in [7, 11) is 0. The summed E-state index contributed by atoms with van der Waals surface area (Å²) >= 11 is 1.57. The Kier molecular flexibility index (Phi) is 4.55. The lowest BCUT2D eigenvalue weighted by atomic mass is 10.1. The first kappa shape index (κ1) is 17.9. The number of rotatable bonds is 4. The number of hydrogen-bond acceptors (Lipinski definition) is 7. The van der Waals surface area contributed by atoms with Crippen molar-refractivity contribution >= 4 is 27.5 Å². The second-order valence-corrected chi connectivity index (χ2v) is 8.06. The molecule has 29 heavy (non-hydrogen) atoms. The number of benzene rings is 1. The Morgan fingerprint density at radius 1 is 1.21 bits per heavy atom. The van der Waals surface area contributed by atoms with Crippen LogP contribution in [0, 0.1) is 6.92 Å². The van der Waals surface area contributed by atoms with Crippen LogP contribution >= 0.6 is 11.3 Å². The number of aromatic nitrogens is 2. The summed E-state index contributed by atoms with van der Waals surface area (Å²) in [6, 6.07) is 11.3. The molecule has 0 radical (unpaired) electrons.